The Morgan fingerprint density at radius 2 is 1.88 bits per heavy atom. The Bertz CT molecular complexity index is 728. The van der Waals surface area contributed by atoms with E-state index >= 15 is 0 Å². The number of Topliss-reactive ketones (excluding diaryl/α,β-unsaturated/α-hetero) is 1. The summed E-state index contributed by atoms with van der Waals surface area (Å²) >= 11 is 0. The Balaban J connectivity index is 1.74. The number of hydrogen-bond acceptors (Lipinski definition) is 6. The van der Waals surface area contributed by atoms with Gasteiger partial charge in [-0.2, -0.15) is 0 Å². The first kappa shape index (κ1) is 16.9. The number of ether oxygens (including phenoxy) is 2. The van der Waals surface area contributed by atoms with E-state index in [1.807, 2.05) is 0 Å². The Labute approximate surface area is 152 Å². The summed E-state index contributed by atoms with van der Waals surface area (Å²) in [6.07, 6.45) is 0.342. The molecule has 2 heterocycles. The quantitative estimate of drug-likeness (QED) is 0.382. The van der Waals surface area contributed by atoms with Crippen LogP contribution < -0.4 is 0 Å². The first-order valence-corrected chi connectivity index (χ1v) is 9.61. The van der Waals surface area contributed by atoms with Crippen molar-refractivity contribution in [2.45, 2.75) is 58.0 Å². The van der Waals surface area contributed by atoms with Crippen LogP contribution in [0.1, 0.15) is 39.5 Å². The van der Waals surface area contributed by atoms with Crippen LogP contribution in [0, 0.1) is 34.0 Å². The minimum absolute atomic E-state index is 0.210. The van der Waals surface area contributed by atoms with Crippen LogP contribution in [-0.4, -0.2) is 47.1 Å². The molecule has 2 saturated heterocycles. The molecule has 26 heavy (non-hydrogen) atoms. The predicted octanol–water partition coefficient (Wildman–Crippen LogP) is 1.20. The summed E-state index contributed by atoms with van der Waals surface area (Å²) in [5, 5.41) is 21.7. The third-order valence-corrected chi connectivity index (χ3v) is 8.37. The zero-order chi connectivity index (χ0) is 18.6. The van der Waals surface area contributed by atoms with Crippen molar-refractivity contribution in [1.82, 2.24) is 0 Å². The van der Waals surface area contributed by atoms with E-state index in [1.165, 1.54) is 0 Å². The molecule has 2 N–H and O–H groups in total. The number of carbonyl (C=O) groups excluding carboxylic acids is 2. The van der Waals surface area contributed by atoms with Gasteiger partial charge in [0.15, 0.2) is 17.5 Å². The minimum Gasteiger partial charge on any atom is -0.461 e. The van der Waals surface area contributed by atoms with Crippen LogP contribution >= 0.6 is 0 Å². The Morgan fingerprint density at radius 3 is 2.62 bits per heavy atom. The monoisotopic (exact) mass is 362 g/mol. The molecule has 0 amide bonds. The fourth-order valence-electron chi connectivity index (χ4n) is 7.35. The van der Waals surface area contributed by atoms with E-state index in [0.717, 1.165) is 6.42 Å². The smallest absolute Gasteiger partial charge is 0.323 e. The van der Waals surface area contributed by atoms with Gasteiger partial charge in [-0.3, -0.25) is 9.59 Å². The van der Waals surface area contributed by atoms with Crippen LogP contribution in [0.4, 0.5) is 0 Å². The first-order chi connectivity index (χ1) is 12.2. The molecule has 0 aromatic rings. The first-order valence-electron chi connectivity index (χ1n) is 9.61. The Kier molecular flexibility index (Phi) is 3.10. The highest BCUT2D eigenvalue weighted by atomic mass is 16.6. The van der Waals surface area contributed by atoms with Crippen LogP contribution in [-0.2, 0) is 19.1 Å². The molecule has 3 aliphatic carbocycles. The van der Waals surface area contributed by atoms with E-state index in [1.54, 1.807) is 0 Å². The molecule has 2 spiro atoms. The van der Waals surface area contributed by atoms with Gasteiger partial charge in [0.05, 0.1) is 12.7 Å². The van der Waals surface area contributed by atoms with Crippen molar-refractivity contribution < 1.29 is 29.3 Å². The molecular weight excluding hydrogens is 336 g/mol. The van der Waals surface area contributed by atoms with E-state index in [2.05, 4.69) is 20.4 Å². The summed E-state index contributed by atoms with van der Waals surface area (Å²) in [5.74, 6) is -1.96. The van der Waals surface area contributed by atoms with Crippen LogP contribution in [0.3, 0.4) is 0 Å². The number of aliphatic hydroxyl groups excluding tert-OH is 2. The second-order valence-electron chi connectivity index (χ2n) is 9.62. The van der Waals surface area contributed by atoms with Crippen molar-refractivity contribution >= 4 is 11.8 Å². The van der Waals surface area contributed by atoms with Crippen LogP contribution in [0.15, 0.2) is 12.2 Å². The molecule has 2 bridgehead atoms. The average Bonchev–Trinajstić information content (AvgIpc) is 2.98. The van der Waals surface area contributed by atoms with Crippen molar-refractivity contribution in [3.8, 4) is 0 Å². The number of aliphatic hydroxyl groups is 2. The summed E-state index contributed by atoms with van der Waals surface area (Å²) in [5.41, 5.74) is -2.08. The van der Waals surface area contributed by atoms with E-state index < -0.39 is 29.2 Å². The van der Waals surface area contributed by atoms with Gasteiger partial charge in [0.25, 0.3) is 0 Å². The summed E-state index contributed by atoms with van der Waals surface area (Å²) in [6, 6.07) is 0. The molecule has 3 saturated carbocycles. The number of ketones is 1. The maximum atomic E-state index is 13.2. The van der Waals surface area contributed by atoms with Crippen LogP contribution in [0.2, 0.25) is 0 Å². The molecular formula is C20H26O6. The predicted molar refractivity (Wildman–Crippen MR) is 89.6 cm³/mol. The van der Waals surface area contributed by atoms with Gasteiger partial charge in [0.1, 0.15) is 6.10 Å². The van der Waals surface area contributed by atoms with Crippen LogP contribution in [0.5, 0.6) is 0 Å². The SMILES string of the molecule is C=C1C(=O)[C@@]23C(=O)O[C@H]4CCC(C)(C)[C@H]5[C@H](O)OC[C@@]45[C@@H]2CC[C@@H]1[C@H]3O. The normalized spacial score (nSPS) is 54.4. The zero-order valence-electron chi connectivity index (χ0n) is 15.2. The van der Waals surface area contributed by atoms with E-state index in [4.69, 9.17) is 9.47 Å². The Morgan fingerprint density at radius 1 is 1.15 bits per heavy atom. The number of fused-ring (bicyclic) bond motifs is 1. The summed E-state index contributed by atoms with van der Waals surface area (Å²) in [6.45, 7) is 8.35. The molecule has 142 valence electrons. The summed E-state index contributed by atoms with van der Waals surface area (Å²) in [7, 11) is 0. The molecule has 5 fully saturated rings. The highest BCUT2D eigenvalue weighted by molar-refractivity contribution is 6.16. The molecule has 5 aliphatic rings. The summed E-state index contributed by atoms with van der Waals surface area (Å²) in [4.78, 5) is 26.3. The number of esters is 1. The van der Waals surface area contributed by atoms with Crippen molar-refractivity contribution in [2.24, 2.45) is 34.0 Å². The fraction of sp³-hybridized carbons (Fsp3) is 0.800. The van der Waals surface area contributed by atoms with Crippen LogP contribution in [0.25, 0.3) is 0 Å². The van der Waals surface area contributed by atoms with Crippen molar-refractivity contribution in [2.75, 3.05) is 6.61 Å². The number of carbonyl (C=O) groups is 2. The van der Waals surface area contributed by atoms with Crippen molar-refractivity contribution in [3.63, 3.8) is 0 Å². The average molecular weight is 362 g/mol. The largest absolute Gasteiger partial charge is 0.461 e. The molecule has 0 radical (unpaired) electrons. The topological polar surface area (TPSA) is 93.1 Å². The lowest BCUT2D eigenvalue weighted by Gasteiger charge is -2.62. The van der Waals surface area contributed by atoms with Crippen molar-refractivity contribution in [3.05, 3.63) is 12.2 Å². The van der Waals surface area contributed by atoms with E-state index in [9.17, 15) is 19.8 Å². The molecule has 8 atom stereocenters. The summed E-state index contributed by atoms with van der Waals surface area (Å²) < 4.78 is 11.6. The van der Waals surface area contributed by atoms with Crippen molar-refractivity contribution in [1.29, 1.82) is 0 Å². The fourth-order valence-corrected chi connectivity index (χ4v) is 7.35. The molecule has 0 aromatic heterocycles. The van der Waals surface area contributed by atoms with E-state index in [0.29, 0.717) is 24.8 Å². The molecule has 0 unspecified atom stereocenters. The van der Waals surface area contributed by atoms with Gasteiger partial charge in [0.2, 0.25) is 0 Å². The Hall–Kier alpha value is -1.24. The molecule has 6 heteroatoms. The maximum Gasteiger partial charge on any atom is 0.323 e. The van der Waals surface area contributed by atoms with Gasteiger partial charge in [-0.15, -0.1) is 0 Å². The van der Waals surface area contributed by atoms with Gasteiger partial charge in [-0.25, -0.2) is 0 Å². The standard InChI is InChI=1S/C20H26O6/c1-9-10-4-5-11-19-8-25-16(23)13(19)18(2,3)7-6-12(19)26-17(24)20(11,14(9)21)15(10)22/h10-13,15-16,22-23H,1,4-8H2,2-3H3/t10-,11-,12-,13+,15+,16+,19+,20-/m0/s1. The molecule has 0 aromatic carbocycles. The van der Waals surface area contributed by atoms with Gasteiger partial charge >= 0.3 is 5.97 Å². The van der Waals surface area contributed by atoms with Gasteiger partial charge in [-0.05, 0) is 42.6 Å². The highest BCUT2D eigenvalue weighted by Crippen LogP contribution is 2.71. The number of rotatable bonds is 0. The number of hydrogen-bond donors (Lipinski definition) is 2. The molecule has 2 aliphatic heterocycles. The molecule has 5 rings (SSSR count). The minimum atomic E-state index is -1.57. The molecule has 6 nitrogen and oxygen atoms in total. The zero-order valence-corrected chi connectivity index (χ0v) is 15.2. The lowest BCUT2D eigenvalue weighted by molar-refractivity contribution is -0.249. The van der Waals surface area contributed by atoms with Gasteiger partial charge in [-0.1, -0.05) is 20.4 Å². The highest BCUT2D eigenvalue weighted by Gasteiger charge is 2.80. The second-order valence-corrected chi connectivity index (χ2v) is 9.62. The lowest BCUT2D eigenvalue weighted by Crippen LogP contribution is -2.70. The third-order valence-electron chi connectivity index (χ3n) is 8.37. The van der Waals surface area contributed by atoms with Gasteiger partial charge < -0.3 is 19.7 Å². The maximum absolute atomic E-state index is 13.2. The lowest BCUT2D eigenvalue weighted by atomic mass is 9.43. The third kappa shape index (κ3) is 1.54. The van der Waals surface area contributed by atoms with Gasteiger partial charge in [0, 0.05) is 17.3 Å². The van der Waals surface area contributed by atoms with E-state index in [-0.39, 0.29) is 41.7 Å². The second kappa shape index (κ2) is 4.78.